The van der Waals surface area contributed by atoms with E-state index in [-0.39, 0.29) is 8.92 Å². The van der Waals surface area contributed by atoms with Gasteiger partial charge >= 0.3 is 9.28 Å². The first-order valence-electron chi connectivity index (χ1n) is 12.8. The molecule has 193 valence electrons. The van der Waals surface area contributed by atoms with Crippen molar-refractivity contribution in [1.29, 1.82) is 0 Å². The number of hydrogen-bond acceptors (Lipinski definition) is 2. The van der Waals surface area contributed by atoms with Crippen molar-refractivity contribution in [3.05, 3.63) is 35.9 Å². The van der Waals surface area contributed by atoms with E-state index in [1.165, 1.54) is 69.8 Å². The topological polar surface area (TPSA) is 18.5 Å². The van der Waals surface area contributed by atoms with Gasteiger partial charge in [-0.05, 0) is 18.4 Å². The van der Waals surface area contributed by atoms with E-state index in [9.17, 15) is 0 Å². The van der Waals surface area contributed by atoms with E-state index in [1.807, 2.05) is 0 Å². The lowest BCUT2D eigenvalue weighted by Gasteiger charge is -2.16. The third-order valence-corrected chi connectivity index (χ3v) is 11.0. The summed E-state index contributed by atoms with van der Waals surface area (Å²) >= 11 is 23.1. The molecule has 34 heavy (non-hydrogen) atoms. The first-order valence-corrected chi connectivity index (χ1v) is 18.6. The molecular formula is C25H41Cl4O2Si3. The van der Waals surface area contributed by atoms with Gasteiger partial charge in [-0.3, -0.25) is 0 Å². The van der Waals surface area contributed by atoms with Crippen molar-refractivity contribution in [2.45, 2.75) is 104 Å². The molecule has 0 fully saturated rings. The molecule has 0 atom stereocenters. The molecule has 0 amide bonds. The average Bonchev–Trinajstić information content (AvgIpc) is 2.81. The minimum Gasteiger partial charge on any atom is -0.393 e. The Morgan fingerprint density at radius 2 is 1.00 bits per heavy atom. The summed E-state index contributed by atoms with van der Waals surface area (Å²) in [6, 6.07) is 13.8. The normalized spacial score (nSPS) is 11.9. The summed E-state index contributed by atoms with van der Waals surface area (Å²) in [7, 11) is 0.0818. The molecule has 0 aromatic heterocycles. The van der Waals surface area contributed by atoms with Crippen molar-refractivity contribution >= 4 is 74.7 Å². The lowest BCUT2D eigenvalue weighted by atomic mass is 10.1. The van der Waals surface area contributed by atoms with Crippen molar-refractivity contribution in [2.24, 2.45) is 0 Å². The highest BCUT2D eigenvalue weighted by molar-refractivity contribution is 6.69. The zero-order valence-electron chi connectivity index (χ0n) is 20.4. The minimum absolute atomic E-state index is 0.178. The van der Waals surface area contributed by atoms with E-state index in [1.54, 1.807) is 0 Å². The van der Waals surface area contributed by atoms with Crippen LogP contribution in [0.4, 0.5) is 0 Å². The number of benzene rings is 1. The Bertz CT molecular complexity index is 528. The van der Waals surface area contributed by atoms with Crippen LogP contribution in [-0.2, 0) is 14.9 Å². The Morgan fingerprint density at radius 3 is 1.44 bits per heavy atom. The van der Waals surface area contributed by atoms with Crippen molar-refractivity contribution in [2.75, 3.05) is 13.2 Å². The third kappa shape index (κ3) is 22.2. The lowest BCUT2D eigenvalue weighted by Crippen LogP contribution is -2.27. The first-order chi connectivity index (χ1) is 16.6. The summed E-state index contributed by atoms with van der Waals surface area (Å²) in [5.41, 5.74) is 1.31. The van der Waals surface area contributed by atoms with Gasteiger partial charge in [-0.25, -0.2) is 0 Å². The van der Waals surface area contributed by atoms with E-state index >= 15 is 0 Å². The maximum Gasteiger partial charge on any atom is 0.389 e. The number of alkyl halides is 4. The SMILES string of the molecule is ClC(Cl)[Si]CCCCCCCCO[Si](Cc1ccccc1)OCCCCCCCC[Si]C(Cl)Cl. The van der Waals surface area contributed by atoms with Crippen LogP contribution in [-0.4, -0.2) is 50.5 Å². The zero-order chi connectivity index (χ0) is 24.7. The molecule has 1 aromatic carbocycles. The monoisotopic (exact) mass is 597 g/mol. The molecule has 0 aliphatic carbocycles. The predicted octanol–water partition coefficient (Wildman–Crippen LogP) is 8.74. The number of halogens is 4. The molecule has 2 nitrogen and oxygen atoms in total. The van der Waals surface area contributed by atoms with E-state index in [2.05, 4.69) is 30.3 Å². The van der Waals surface area contributed by atoms with Gasteiger partial charge < -0.3 is 8.85 Å². The number of rotatable bonds is 24. The van der Waals surface area contributed by atoms with Gasteiger partial charge in [0.1, 0.15) is 0 Å². The van der Waals surface area contributed by atoms with Crippen LogP contribution < -0.4 is 0 Å². The summed E-state index contributed by atoms with van der Waals surface area (Å²) < 4.78 is 12.1. The molecule has 0 saturated heterocycles. The Labute approximate surface area is 235 Å². The van der Waals surface area contributed by atoms with Gasteiger partial charge in [-0.1, -0.05) is 107 Å². The Kier molecular flexibility index (Phi) is 23.6. The van der Waals surface area contributed by atoms with Crippen molar-refractivity contribution in [1.82, 2.24) is 0 Å². The summed E-state index contributed by atoms with van der Waals surface area (Å²) in [5, 5.41) is 0. The second kappa shape index (κ2) is 24.3. The molecular weight excluding hydrogens is 558 g/mol. The Hall–Kier alpha value is 0.951. The molecule has 1 rings (SSSR count). The van der Waals surface area contributed by atoms with Crippen LogP contribution in [0.5, 0.6) is 0 Å². The smallest absolute Gasteiger partial charge is 0.389 e. The summed E-state index contributed by atoms with van der Waals surface area (Å²) in [5.74, 6) is 0. The molecule has 0 bridgehead atoms. The van der Waals surface area contributed by atoms with Gasteiger partial charge in [-0.15, -0.1) is 46.4 Å². The lowest BCUT2D eigenvalue weighted by molar-refractivity contribution is 0.188. The summed E-state index contributed by atoms with van der Waals surface area (Å²) in [6.07, 6.45) is 14.9. The van der Waals surface area contributed by atoms with Gasteiger partial charge in [0.15, 0.2) is 0 Å². The molecule has 1 aromatic rings. The van der Waals surface area contributed by atoms with Crippen LogP contribution in [0.1, 0.15) is 82.6 Å². The minimum atomic E-state index is -1.27. The maximum absolute atomic E-state index is 6.24. The number of hydrogen-bond donors (Lipinski definition) is 0. The van der Waals surface area contributed by atoms with Crippen molar-refractivity contribution in [3.63, 3.8) is 0 Å². The molecule has 0 aliphatic rings. The van der Waals surface area contributed by atoms with Crippen LogP contribution >= 0.6 is 46.4 Å². The maximum atomic E-state index is 6.24. The summed E-state index contributed by atoms with van der Waals surface area (Å²) in [6.45, 7) is 1.63. The van der Waals surface area contributed by atoms with Gasteiger partial charge in [-0.2, -0.15) is 0 Å². The zero-order valence-corrected chi connectivity index (χ0v) is 26.4. The van der Waals surface area contributed by atoms with Crippen LogP contribution in [0, 0.1) is 0 Å². The van der Waals surface area contributed by atoms with Crippen LogP contribution in [0.25, 0.3) is 0 Å². The molecule has 0 N–H and O–H groups in total. The molecule has 9 heteroatoms. The van der Waals surface area contributed by atoms with Gasteiger partial charge in [0, 0.05) is 19.3 Å². The van der Waals surface area contributed by atoms with E-state index in [0.29, 0.717) is 19.0 Å². The fraction of sp³-hybridized carbons (Fsp3) is 0.760. The number of unbranched alkanes of at least 4 members (excludes halogenated alkanes) is 10. The van der Waals surface area contributed by atoms with Crippen molar-refractivity contribution < 1.29 is 8.85 Å². The standard InChI is InChI=1S/C25H41Cl4O2Si3/c26-24(27)32-20-14-7-3-1-5-12-18-30-34(22-23-16-10-9-11-17-23)31-19-13-6-2-4-8-15-21-33-25(28)29/h9-11,16-17,24-25H,1-8,12-15,18-22H2. The van der Waals surface area contributed by atoms with E-state index < -0.39 is 9.28 Å². The van der Waals surface area contributed by atoms with E-state index in [0.717, 1.165) is 44.2 Å². The molecule has 0 unspecified atom stereocenters. The van der Waals surface area contributed by atoms with Crippen LogP contribution in [0.15, 0.2) is 30.3 Å². The van der Waals surface area contributed by atoms with Crippen LogP contribution in [0.2, 0.25) is 12.1 Å². The van der Waals surface area contributed by atoms with Crippen LogP contribution in [0.3, 0.4) is 0 Å². The summed E-state index contributed by atoms with van der Waals surface area (Å²) in [4.78, 5) is 0. The third-order valence-electron chi connectivity index (χ3n) is 5.46. The highest BCUT2D eigenvalue weighted by Gasteiger charge is 2.16. The second-order valence-corrected chi connectivity index (χ2v) is 16.8. The Morgan fingerprint density at radius 1 is 0.588 bits per heavy atom. The Balaban J connectivity index is 2.10. The second-order valence-electron chi connectivity index (χ2n) is 8.48. The molecule has 0 spiro atoms. The molecule has 0 saturated carbocycles. The fourth-order valence-corrected chi connectivity index (χ4v) is 7.82. The molecule has 5 radical (unpaired) electrons. The largest absolute Gasteiger partial charge is 0.393 e. The molecule has 0 heterocycles. The molecule has 0 aliphatic heterocycles. The van der Waals surface area contributed by atoms with Crippen molar-refractivity contribution in [3.8, 4) is 0 Å². The average molecular weight is 600 g/mol. The first kappa shape index (κ1) is 33.0. The highest BCUT2D eigenvalue weighted by Crippen LogP contribution is 2.13. The highest BCUT2D eigenvalue weighted by atomic mass is 35.5. The quantitative estimate of drug-likeness (QED) is 0.0672. The predicted molar refractivity (Wildman–Crippen MR) is 155 cm³/mol. The van der Waals surface area contributed by atoms with Gasteiger partial charge in [0.25, 0.3) is 0 Å². The van der Waals surface area contributed by atoms with Gasteiger partial charge in [0.05, 0.1) is 28.0 Å². The fourth-order valence-electron chi connectivity index (χ4n) is 3.57. The van der Waals surface area contributed by atoms with E-state index in [4.69, 9.17) is 55.3 Å². The van der Waals surface area contributed by atoms with Gasteiger partial charge in [0.2, 0.25) is 0 Å².